The summed E-state index contributed by atoms with van der Waals surface area (Å²) in [5.74, 6) is 0.260. The van der Waals surface area contributed by atoms with E-state index in [1.54, 1.807) is 11.3 Å². The number of amides is 2. The molecule has 6 heteroatoms. The van der Waals surface area contributed by atoms with E-state index >= 15 is 0 Å². The quantitative estimate of drug-likeness (QED) is 0.907. The van der Waals surface area contributed by atoms with E-state index in [1.807, 2.05) is 22.6 Å². The molecular weight excluding hydrogens is 322 g/mol. The monoisotopic (exact) mass is 349 g/mol. The van der Waals surface area contributed by atoms with Crippen LogP contribution in [0.3, 0.4) is 0 Å². The Kier molecular flexibility index (Phi) is 5.89. The van der Waals surface area contributed by atoms with Gasteiger partial charge in [-0.3, -0.25) is 14.5 Å². The number of carbonyl (C=O) groups is 2. The minimum atomic E-state index is 0.125. The second-order valence-electron chi connectivity index (χ2n) is 6.94. The summed E-state index contributed by atoms with van der Waals surface area (Å²) in [5, 5.41) is 7.12. The predicted molar refractivity (Wildman–Crippen MR) is 96.4 cm³/mol. The lowest BCUT2D eigenvalue weighted by Gasteiger charge is -2.34. The highest BCUT2D eigenvalue weighted by Crippen LogP contribution is 2.18. The van der Waals surface area contributed by atoms with Crippen molar-refractivity contribution in [3.05, 3.63) is 21.9 Å². The van der Waals surface area contributed by atoms with Crippen LogP contribution in [0.4, 0.5) is 0 Å². The molecule has 5 nitrogen and oxygen atoms in total. The normalized spacial score (nSPS) is 20.1. The van der Waals surface area contributed by atoms with E-state index in [0.717, 1.165) is 37.1 Å². The molecule has 0 aromatic carbocycles. The van der Waals surface area contributed by atoms with Crippen molar-refractivity contribution in [1.29, 1.82) is 0 Å². The van der Waals surface area contributed by atoms with Crippen LogP contribution in [-0.2, 0) is 4.79 Å². The standard InChI is InChI=1S/C18H27N3O2S/c1-14-12-24-13-16(14)18(23)21-9-7-20(8-10-21)11-17(22)19-15-5-3-2-4-6-15/h12-13,15H,2-11H2,1H3,(H,19,22). The summed E-state index contributed by atoms with van der Waals surface area (Å²) in [4.78, 5) is 28.8. The maximum atomic E-state index is 12.5. The number of rotatable bonds is 4. The average Bonchev–Trinajstić information content (AvgIpc) is 3.02. The van der Waals surface area contributed by atoms with Crippen molar-refractivity contribution in [3.8, 4) is 0 Å². The van der Waals surface area contributed by atoms with Gasteiger partial charge in [0.05, 0.1) is 12.1 Å². The minimum Gasteiger partial charge on any atom is -0.352 e. The van der Waals surface area contributed by atoms with Gasteiger partial charge in [-0.25, -0.2) is 0 Å². The fourth-order valence-electron chi connectivity index (χ4n) is 3.58. The van der Waals surface area contributed by atoms with Crippen LogP contribution in [0.5, 0.6) is 0 Å². The molecule has 1 aliphatic heterocycles. The van der Waals surface area contributed by atoms with E-state index in [4.69, 9.17) is 0 Å². The smallest absolute Gasteiger partial charge is 0.255 e. The number of piperazine rings is 1. The Morgan fingerprint density at radius 1 is 1.12 bits per heavy atom. The summed E-state index contributed by atoms with van der Waals surface area (Å²) in [5.41, 5.74) is 1.88. The Balaban J connectivity index is 1.42. The SMILES string of the molecule is Cc1cscc1C(=O)N1CCN(CC(=O)NC2CCCCC2)CC1. The molecular formula is C18H27N3O2S. The maximum absolute atomic E-state index is 12.5. The number of nitrogens with zero attached hydrogens (tertiary/aromatic N) is 2. The average molecular weight is 350 g/mol. The first-order chi connectivity index (χ1) is 11.6. The zero-order valence-electron chi connectivity index (χ0n) is 14.4. The van der Waals surface area contributed by atoms with Gasteiger partial charge in [0.1, 0.15) is 0 Å². The first-order valence-electron chi connectivity index (χ1n) is 8.97. The predicted octanol–water partition coefficient (Wildman–Crippen LogP) is 2.26. The van der Waals surface area contributed by atoms with Gasteiger partial charge < -0.3 is 10.2 Å². The van der Waals surface area contributed by atoms with E-state index in [1.165, 1.54) is 19.3 Å². The van der Waals surface area contributed by atoms with Gasteiger partial charge in [-0.2, -0.15) is 11.3 Å². The van der Waals surface area contributed by atoms with Crippen LogP contribution in [0.15, 0.2) is 10.8 Å². The number of hydrogen-bond acceptors (Lipinski definition) is 4. The van der Waals surface area contributed by atoms with Crippen LogP contribution in [0.1, 0.15) is 48.0 Å². The lowest BCUT2D eigenvalue weighted by molar-refractivity contribution is -0.123. The Hall–Kier alpha value is -1.40. The number of carbonyl (C=O) groups excluding carboxylic acids is 2. The molecule has 0 radical (unpaired) electrons. The highest BCUT2D eigenvalue weighted by Gasteiger charge is 2.25. The fourth-order valence-corrected chi connectivity index (χ4v) is 4.40. The molecule has 1 aliphatic carbocycles. The molecule has 2 amide bonds. The second kappa shape index (κ2) is 8.12. The first-order valence-corrected chi connectivity index (χ1v) is 9.91. The maximum Gasteiger partial charge on any atom is 0.255 e. The Bertz CT molecular complexity index is 573. The van der Waals surface area contributed by atoms with Crippen LogP contribution >= 0.6 is 11.3 Å². The van der Waals surface area contributed by atoms with Crippen molar-refractivity contribution in [1.82, 2.24) is 15.1 Å². The van der Waals surface area contributed by atoms with Crippen molar-refractivity contribution in [3.63, 3.8) is 0 Å². The van der Waals surface area contributed by atoms with Gasteiger partial charge >= 0.3 is 0 Å². The molecule has 1 saturated heterocycles. The van der Waals surface area contributed by atoms with Gasteiger partial charge in [-0.05, 0) is 30.7 Å². The molecule has 0 spiro atoms. The summed E-state index contributed by atoms with van der Waals surface area (Å²) in [6, 6.07) is 0.371. The van der Waals surface area contributed by atoms with Gasteiger partial charge in [-0.1, -0.05) is 19.3 Å². The lowest BCUT2D eigenvalue weighted by Crippen LogP contribution is -2.52. The number of nitrogens with one attached hydrogen (secondary N) is 1. The molecule has 132 valence electrons. The molecule has 2 heterocycles. The Morgan fingerprint density at radius 3 is 2.46 bits per heavy atom. The molecule has 1 aromatic heterocycles. The molecule has 2 fully saturated rings. The summed E-state index contributed by atoms with van der Waals surface area (Å²) in [6.07, 6.45) is 6.00. The van der Waals surface area contributed by atoms with Crippen LogP contribution in [-0.4, -0.2) is 60.4 Å². The minimum absolute atomic E-state index is 0.125. The third kappa shape index (κ3) is 4.36. The van der Waals surface area contributed by atoms with Crippen molar-refractivity contribution >= 4 is 23.2 Å². The highest BCUT2D eigenvalue weighted by molar-refractivity contribution is 7.08. The molecule has 0 atom stereocenters. The van der Waals surface area contributed by atoms with E-state index < -0.39 is 0 Å². The van der Waals surface area contributed by atoms with E-state index in [-0.39, 0.29) is 11.8 Å². The van der Waals surface area contributed by atoms with E-state index in [9.17, 15) is 9.59 Å². The van der Waals surface area contributed by atoms with Gasteiger partial charge in [0.25, 0.3) is 5.91 Å². The molecule has 0 bridgehead atoms. The number of aryl methyl sites for hydroxylation is 1. The highest BCUT2D eigenvalue weighted by atomic mass is 32.1. The molecule has 2 aliphatic rings. The van der Waals surface area contributed by atoms with Crippen LogP contribution in [0.25, 0.3) is 0 Å². The zero-order chi connectivity index (χ0) is 16.9. The summed E-state index contributed by atoms with van der Waals surface area (Å²) in [6.45, 7) is 5.38. The van der Waals surface area contributed by atoms with E-state index in [2.05, 4.69) is 10.2 Å². The zero-order valence-corrected chi connectivity index (χ0v) is 15.2. The van der Waals surface area contributed by atoms with Gasteiger partial charge in [0.2, 0.25) is 5.91 Å². The molecule has 3 rings (SSSR count). The van der Waals surface area contributed by atoms with Crippen molar-refractivity contribution in [2.75, 3.05) is 32.7 Å². The summed E-state index contributed by atoms with van der Waals surface area (Å²) < 4.78 is 0. The van der Waals surface area contributed by atoms with Crippen LogP contribution in [0.2, 0.25) is 0 Å². The molecule has 1 N–H and O–H groups in total. The lowest BCUT2D eigenvalue weighted by atomic mass is 9.95. The third-order valence-electron chi connectivity index (χ3n) is 5.08. The second-order valence-corrected chi connectivity index (χ2v) is 7.68. The summed E-state index contributed by atoms with van der Waals surface area (Å²) in [7, 11) is 0. The van der Waals surface area contributed by atoms with E-state index in [0.29, 0.717) is 25.7 Å². The third-order valence-corrected chi connectivity index (χ3v) is 5.94. The molecule has 1 aromatic rings. The number of thiophene rings is 1. The number of hydrogen-bond donors (Lipinski definition) is 1. The van der Waals surface area contributed by atoms with Crippen LogP contribution < -0.4 is 5.32 Å². The van der Waals surface area contributed by atoms with Crippen molar-refractivity contribution in [2.45, 2.75) is 45.1 Å². The van der Waals surface area contributed by atoms with Gasteiger partial charge in [0.15, 0.2) is 0 Å². The van der Waals surface area contributed by atoms with Gasteiger partial charge in [0, 0.05) is 37.6 Å². The largest absolute Gasteiger partial charge is 0.352 e. The Labute approximate surface area is 148 Å². The van der Waals surface area contributed by atoms with Crippen LogP contribution in [0, 0.1) is 6.92 Å². The van der Waals surface area contributed by atoms with Crippen molar-refractivity contribution < 1.29 is 9.59 Å². The summed E-state index contributed by atoms with van der Waals surface area (Å²) >= 11 is 1.57. The first kappa shape index (κ1) is 17.4. The molecule has 1 saturated carbocycles. The molecule has 24 heavy (non-hydrogen) atoms. The fraction of sp³-hybridized carbons (Fsp3) is 0.667. The molecule has 0 unspecified atom stereocenters. The van der Waals surface area contributed by atoms with Crippen molar-refractivity contribution in [2.24, 2.45) is 0 Å². The Morgan fingerprint density at radius 2 is 1.83 bits per heavy atom. The topological polar surface area (TPSA) is 52.7 Å². The van der Waals surface area contributed by atoms with Gasteiger partial charge in [-0.15, -0.1) is 0 Å².